The lowest BCUT2D eigenvalue weighted by Crippen LogP contribution is -2.21. The number of ether oxygens (including phenoxy) is 2. The number of halogens is 1. The van der Waals surface area contributed by atoms with Crippen LogP contribution in [0.2, 0.25) is 0 Å². The van der Waals surface area contributed by atoms with Crippen LogP contribution >= 0.6 is 11.8 Å². The van der Waals surface area contributed by atoms with E-state index in [-0.39, 0.29) is 22.9 Å². The zero-order valence-corrected chi connectivity index (χ0v) is 18.5. The quantitative estimate of drug-likeness (QED) is 0.358. The number of carbonyl (C=O) groups is 3. The Kier molecular flexibility index (Phi) is 8.43. The second kappa shape index (κ2) is 11.7. The number of esters is 1. The van der Waals surface area contributed by atoms with Crippen molar-refractivity contribution in [1.82, 2.24) is 0 Å². The first-order valence-corrected chi connectivity index (χ1v) is 10.8. The number of thioether (sulfide) groups is 1. The van der Waals surface area contributed by atoms with E-state index in [0.29, 0.717) is 16.3 Å². The number of nitrogens with one attached hydrogen (secondary N) is 2. The molecule has 0 saturated carbocycles. The summed E-state index contributed by atoms with van der Waals surface area (Å²) in [5.74, 6) is -1.58. The van der Waals surface area contributed by atoms with Crippen molar-refractivity contribution in [3.63, 3.8) is 0 Å². The Bertz CT molecular complexity index is 1150. The third kappa shape index (κ3) is 7.08. The molecule has 0 saturated heterocycles. The molecule has 2 amide bonds. The van der Waals surface area contributed by atoms with Gasteiger partial charge in [-0.15, -0.1) is 11.8 Å². The van der Waals surface area contributed by atoms with Gasteiger partial charge in [0.15, 0.2) is 6.61 Å². The molecule has 3 aromatic carbocycles. The van der Waals surface area contributed by atoms with E-state index in [1.165, 1.54) is 25.3 Å². The lowest BCUT2D eigenvalue weighted by atomic mass is 10.2. The second-order valence-corrected chi connectivity index (χ2v) is 7.69. The standard InChI is InChI=1S/C24H21FN2O5S/c1-31-17-8-6-7-16(13-17)26-23(29)15-33-21-12-5-2-9-18(21)24(30)32-14-22(28)27-20-11-4-3-10-19(20)25/h2-13H,14-15H2,1H3,(H,26,29)(H,27,28). The molecule has 3 rings (SSSR count). The summed E-state index contributed by atoms with van der Waals surface area (Å²) < 4.78 is 23.8. The Balaban J connectivity index is 1.54. The Morgan fingerprint density at radius 1 is 0.909 bits per heavy atom. The van der Waals surface area contributed by atoms with Crippen molar-refractivity contribution in [1.29, 1.82) is 0 Å². The molecule has 0 spiro atoms. The average molecular weight is 469 g/mol. The summed E-state index contributed by atoms with van der Waals surface area (Å²) in [6.45, 7) is -0.581. The Morgan fingerprint density at radius 3 is 2.45 bits per heavy atom. The first-order chi connectivity index (χ1) is 16.0. The normalized spacial score (nSPS) is 10.2. The predicted molar refractivity (Wildman–Crippen MR) is 124 cm³/mol. The van der Waals surface area contributed by atoms with Crippen LogP contribution in [0.15, 0.2) is 77.7 Å². The predicted octanol–water partition coefficient (Wildman–Crippen LogP) is 4.36. The largest absolute Gasteiger partial charge is 0.497 e. The minimum Gasteiger partial charge on any atom is -0.497 e. The fourth-order valence-electron chi connectivity index (χ4n) is 2.76. The van der Waals surface area contributed by atoms with Crippen LogP contribution in [0.3, 0.4) is 0 Å². The van der Waals surface area contributed by atoms with Crippen molar-refractivity contribution in [2.75, 3.05) is 30.1 Å². The molecule has 3 aromatic rings. The maximum absolute atomic E-state index is 13.6. The number of para-hydroxylation sites is 1. The van der Waals surface area contributed by atoms with Crippen molar-refractivity contribution in [2.45, 2.75) is 4.90 Å². The number of hydrogen-bond donors (Lipinski definition) is 2. The molecule has 7 nitrogen and oxygen atoms in total. The maximum Gasteiger partial charge on any atom is 0.339 e. The molecule has 9 heteroatoms. The molecule has 0 fully saturated rings. The molecule has 0 aliphatic heterocycles. The van der Waals surface area contributed by atoms with E-state index in [2.05, 4.69) is 10.6 Å². The molecular formula is C24H21FN2O5S. The van der Waals surface area contributed by atoms with Crippen molar-refractivity contribution in [2.24, 2.45) is 0 Å². The fourth-order valence-corrected chi connectivity index (χ4v) is 3.60. The zero-order valence-electron chi connectivity index (χ0n) is 17.7. The summed E-state index contributed by atoms with van der Waals surface area (Å²) in [6.07, 6.45) is 0. The van der Waals surface area contributed by atoms with Crippen molar-refractivity contribution < 1.29 is 28.2 Å². The second-order valence-electron chi connectivity index (χ2n) is 6.67. The van der Waals surface area contributed by atoms with Gasteiger partial charge in [0.1, 0.15) is 11.6 Å². The van der Waals surface area contributed by atoms with Gasteiger partial charge in [0.05, 0.1) is 24.1 Å². The summed E-state index contributed by atoms with van der Waals surface area (Å²) in [4.78, 5) is 37.3. The van der Waals surface area contributed by atoms with Crippen LogP contribution in [0.4, 0.5) is 15.8 Å². The first kappa shape index (κ1) is 23.8. The number of methoxy groups -OCH3 is 1. The number of anilines is 2. The van der Waals surface area contributed by atoms with Gasteiger partial charge in [-0.2, -0.15) is 0 Å². The number of hydrogen-bond acceptors (Lipinski definition) is 6. The molecule has 0 unspecified atom stereocenters. The Morgan fingerprint density at radius 2 is 1.67 bits per heavy atom. The van der Waals surface area contributed by atoms with E-state index in [1.54, 1.807) is 54.6 Å². The Labute approximate surface area is 194 Å². The van der Waals surface area contributed by atoms with Gasteiger partial charge < -0.3 is 20.1 Å². The van der Waals surface area contributed by atoms with Crippen LogP contribution < -0.4 is 15.4 Å². The third-order valence-corrected chi connectivity index (χ3v) is 5.38. The first-order valence-electron chi connectivity index (χ1n) is 9.83. The smallest absolute Gasteiger partial charge is 0.339 e. The fraction of sp³-hybridized carbons (Fsp3) is 0.125. The number of amides is 2. The van der Waals surface area contributed by atoms with Gasteiger partial charge in [-0.25, -0.2) is 9.18 Å². The SMILES string of the molecule is COc1cccc(NC(=O)CSc2ccccc2C(=O)OCC(=O)Nc2ccccc2F)c1. The zero-order chi connectivity index (χ0) is 23.6. The van der Waals surface area contributed by atoms with Crippen LogP contribution in [0.1, 0.15) is 10.4 Å². The van der Waals surface area contributed by atoms with Gasteiger partial charge in [-0.1, -0.05) is 30.3 Å². The molecule has 2 N–H and O–H groups in total. The highest BCUT2D eigenvalue weighted by atomic mass is 32.2. The molecular weight excluding hydrogens is 447 g/mol. The number of rotatable bonds is 9. The van der Waals surface area contributed by atoms with Crippen LogP contribution in [0.25, 0.3) is 0 Å². The van der Waals surface area contributed by atoms with E-state index in [1.807, 2.05) is 0 Å². The van der Waals surface area contributed by atoms with E-state index < -0.39 is 24.3 Å². The maximum atomic E-state index is 13.6. The van der Waals surface area contributed by atoms with Crippen LogP contribution in [0, 0.1) is 5.82 Å². The molecule has 0 bridgehead atoms. The highest BCUT2D eigenvalue weighted by molar-refractivity contribution is 8.00. The van der Waals surface area contributed by atoms with E-state index >= 15 is 0 Å². The van der Waals surface area contributed by atoms with Gasteiger partial charge in [-0.05, 0) is 36.4 Å². The van der Waals surface area contributed by atoms with Crippen LogP contribution in [0.5, 0.6) is 5.75 Å². The summed E-state index contributed by atoms with van der Waals surface area (Å²) in [5, 5.41) is 5.11. The van der Waals surface area contributed by atoms with Gasteiger partial charge in [0.2, 0.25) is 5.91 Å². The molecule has 0 heterocycles. The van der Waals surface area contributed by atoms with Crippen LogP contribution in [-0.4, -0.2) is 37.3 Å². The lowest BCUT2D eigenvalue weighted by Gasteiger charge is -2.10. The van der Waals surface area contributed by atoms with Gasteiger partial charge in [0.25, 0.3) is 5.91 Å². The van der Waals surface area contributed by atoms with E-state index in [0.717, 1.165) is 11.8 Å². The molecule has 0 aliphatic carbocycles. The highest BCUT2D eigenvalue weighted by Gasteiger charge is 2.16. The monoisotopic (exact) mass is 468 g/mol. The summed E-state index contributed by atoms with van der Waals surface area (Å²) >= 11 is 1.16. The molecule has 0 atom stereocenters. The van der Waals surface area contributed by atoms with E-state index in [4.69, 9.17) is 9.47 Å². The number of carbonyl (C=O) groups excluding carboxylic acids is 3. The minimum atomic E-state index is -0.727. The topological polar surface area (TPSA) is 93.7 Å². The summed E-state index contributed by atoms with van der Waals surface area (Å²) in [6, 6.07) is 19.2. The summed E-state index contributed by atoms with van der Waals surface area (Å²) in [7, 11) is 1.54. The molecule has 170 valence electrons. The molecule has 33 heavy (non-hydrogen) atoms. The van der Waals surface area contributed by atoms with Gasteiger partial charge in [0, 0.05) is 16.6 Å². The van der Waals surface area contributed by atoms with Crippen LogP contribution in [-0.2, 0) is 14.3 Å². The van der Waals surface area contributed by atoms with Crippen molar-refractivity contribution in [3.05, 3.63) is 84.2 Å². The third-order valence-electron chi connectivity index (χ3n) is 4.30. The van der Waals surface area contributed by atoms with Crippen molar-refractivity contribution >= 4 is 40.9 Å². The lowest BCUT2D eigenvalue weighted by molar-refractivity contribution is -0.119. The molecule has 0 radical (unpaired) electrons. The average Bonchev–Trinajstić information content (AvgIpc) is 2.83. The number of benzene rings is 3. The summed E-state index contributed by atoms with van der Waals surface area (Å²) in [5.41, 5.74) is 0.806. The van der Waals surface area contributed by atoms with Gasteiger partial charge in [-0.3, -0.25) is 9.59 Å². The molecule has 0 aliphatic rings. The van der Waals surface area contributed by atoms with E-state index in [9.17, 15) is 18.8 Å². The molecule has 0 aromatic heterocycles. The highest BCUT2D eigenvalue weighted by Crippen LogP contribution is 2.24. The van der Waals surface area contributed by atoms with Crippen molar-refractivity contribution in [3.8, 4) is 5.75 Å². The van der Waals surface area contributed by atoms with Gasteiger partial charge >= 0.3 is 5.97 Å². The minimum absolute atomic E-state index is 0.00319. The Hall–Kier alpha value is -3.85.